The number of rotatable bonds is 9. The molecule has 11 nitrogen and oxygen atoms in total. The van der Waals surface area contributed by atoms with E-state index in [0.29, 0.717) is 56.9 Å². The van der Waals surface area contributed by atoms with E-state index < -0.39 is 21.1 Å². The van der Waals surface area contributed by atoms with E-state index in [-0.39, 0.29) is 47.6 Å². The van der Waals surface area contributed by atoms with Gasteiger partial charge in [0.25, 0.3) is 0 Å². The van der Waals surface area contributed by atoms with Crippen LogP contribution in [0, 0.1) is 17.8 Å². The number of sulfone groups is 1. The molecule has 248 valence electrons. The number of fused-ring (bicyclic) bond motifs is 2. The predicted octanol–water partition coefficient (Wildman–Crippen LogP) is 3.46. The molecule has 0 radical (unpaired) electrons. The Labute approximate surface area is 279 Å². The summed E-state index contributed by atoms with van der Waals surface area (Å²) < 4.78 is 45.3. The molecule has 1 amide bonds. The first-order valence-electron chi connectivity index (χ1n) is 15.4. The van der Waals surface area contributed by atoms with E-state index in [1.54, 1.807) is 11.0 Å². The van der Waals surface area contributed by atoms with Crippen molar-refractivity contribution in [3.05, 3.63) is 76.5 Å². The highest BCUT2D eigenvalue weighted by Crippen LogP contribution is 2.39. The van der Waals surface area contributed by atoms with Gasteiger partial charge in [0.05, 0.1) is 28.8 Å². The molecule has 2 aromatic carbocycles. The Morgan fingerprint density at radius 1 is 1.21 bits per heavy atom. The molecule has 14 heteroatoms. The van der Waals surface area contributed by atoms with E-state index in [1.165, 1.54) is 12.1 Å². The lowest BCUT2D eigenvalue weighted by Crippen LogP contribution is -2.57. The third kappa shape index (κ3) is 6.59. The largest absolute Gasteiger partial charge is 0.463 e. The first kappa shape index (κ1) is 32.9. The minimum atomic E-state index is -3.13. The van der Waals surface area contributed by atoms with E-state index in [4.69, 9.17) is 32.9 Å². The van der Waals surface area contributed by atoms with Crippen LogP contribution in [0.1, 0.15) is 11.3 Å². The zero-order valence-corrected chi connectivity index (χ0v) is 28.0. The van der Waals surface area contributed by atoms with Crippen molar-refractivity contribution in [3.8, 4) is 6.01 Å². The van der Waals surface area contributed by atoms with Gasteiger partial charge in [-0.25, -0.2) is 19.4 Å². The van der Waals surface area contributed by atoms with Gasteiger partial charge in [0, 0.05) is 54.8 Å². The van der Waals surface area contributed by atoms with Gasteiger partial charge in [-0.3, -0.25) is 4.79 Å². The summed E-state index contributed by atoms with van der Waals surface area (Å²) in [5, 5.41) is 1.52. The Hall–Kier alpha value is -3.99. The lowest BCUT2D eigenvalue weighted by Gasteiger charge is -2.42. The highest BCUT2D eigenvalue weighted by Gasteiger charge is 2.49. The second-order valence-electron chi connectivity index (χ2n) is 12.9. The molecule has 0 bridgehead atoms. The summed E-state index contributed by atoms with van der Waals surface area (Å²) in [6.07, 6.45) is 1.85. The summed E-state index contributed by atoms with van der Waals surface area (Å²) in [6.45, 7) is 14.2. The van der Waals surface area contributed by atoms with Crippen molar-refractivity contribution in [2.45, 2.75) is 19.0 Å². The zero-order chi connectivity index (χ0) is 33.5. The SMILES string of the molecule is [C-]#[N+]C[C@H]1CN(c2nc(OCC3(CN(C)C)CS(=O)(=O)C3)nc3c2CCN(c2cccc4ccc(F)c(Cl)c24)C3)CCN1C(=O)C=C. The molecule has 1 atom stereocenters. The number of amides is 1. The van der Waals surface area contributed by atoms with Crippen LogP contribution in [-0.4, -0.2) is 112 Å². The van der Waals surface area contributed by atoms with Crippen LogP contribution in [0.5, 0.6) is 6.01 Å². The van der Waals surface area contributed by atoms with E-state index >= 15 is 0 Å². The molecule has 3 aliphatic heterocycles. The average molecular weight is 682 g/mol. The van der Waals surface area contributed by atoms with Gasteiger partial charge in [0.15, 0.2) is 9.84 Å². The van der Waals surface area contributed by atoms with E-state index in [1.807, 2.05) is 37.2 Å². The van der Waals surface area contributed by atoms with Crippen LogP contribution in [0.25, 0.3) is 15.6 Å². The average Bonchev–Trinajstić information content (AvgIpc) is 3.03. The molecular weight excluding hydrogens is 645 g/mol. The molecule has 0 spiro atoms. The topological polar surface area (TPSA) is 104 Å². The Morgan fingerprint density at radius 3 is 2.70 bits per heavy atom. The van der Waals surface area contributed by atoms with Crippen LogP contribution < -0.4 is 14.5 Å². The summed E-state index contributed by atoms with van der Waals surface area (Å²) in [6, 6.07) is 8.60. The van der Waals surface area contributed by atoms with Crippen LogP contribution in [0.4, 0.5) is 15.9 Å². The molecule has 0 aliphatic carbocycles. The molecule has 6 rings (SSSR count). The Kier molecular flexibility index (Phi) is 9.04. The molecule has 3 aromatic rings. The smallest absolute Gasteiger partial charge is 0.318 e. The number of anilines is 2. The van der Waals surface area contributed by atoms with Gasteiger partial charge < -0.3 is 29.2 Å². The normalized spacial score (nSPS) is 20.0. The fourth-order valence-corrected chi connectivity index (χ4v) is 9.59. The molecule has 2 fully saturated rings. The van der Waals surface area contributed by atoms with Crippen LogP contribution >= 0.6 is 11.6 Å². The highest BCUT2D eigenvalue weighted by molar-refractivity contribution is 7.92. The van der Waals surface area contributed by atoms with Crippen LogP contribution in [0.2, 0.25) is 5.02 Å². The van der Waals surface area contributed by atoms with Gasteiger partial charge in [0.2, 0.25) is 12.5 Å². The molecule has 0 N–H and O–H groups in total. The van der Waals surface area contributed by atoms with Crippen molar-refractivity contribution in [2.24, 2.45) is 5.41 Å². The van der Waals surface area contributed by atoms with Crippen molar-refractivity contribution >= 4 is 49.6 Å². The summed E-state index contributed by atoms with van der Waals surface area (Å²) >= 11 is 6.49. The molecule has 0 saturated carbocycles. The first-order chi connectivity index (χ1) is 22.4. The van der Waals surface area contributed by atoms with Crippen molar-refractivity contribution in [1.82, 2.24) is 19.8 Å². The molecule has 4 heterocycles. The van der Waals surface area contributed by atoms with Gasteiger partial charge in [-0.05, 0) is 44.1 Å². The maximum absolute atomic E-state index is 14.6. The number of piperazine rings is 1. The van der Waals surface area contributed by atoms with E-state index in [9.17, 15) is 17.6 Å². The maximum atomic E-state index is 14.6. The Balaban J connectivity index is 1.36. The molecule has 2 saturated heterocycles. The van der Waals surface area contributed by atoms with Gasteiger partial charge in [0.1, 0.15) is 24.3 Å². The lowest BCUT2D eigenvalue weighted by molar-refractivity contribution is -0.128. The van der Waals surface area contributed by atoms with Crippen LogP contribution in [0.3, 0.4) is 0 Å². The van der Waals surface area contributed by atoms with Gasteiger partial charge in [-0.15, -0.1) is 0 Å². The number of carbonyl (C=O) groups is 1. The van der Waals surface area contributed by atoms with E-state index in [0.717, 1.165) is 22.3 Å². The standard InChI is InChI=1S/C33H37ClFN7O4S/c1-5-28(43)42-14-13-41(16-23(42)15-36-2)31-24-11-12-40(27-8-6-7-22-9-10-25(35)30(34)29(22)27)17-26(24)37-32(38-31)46-19-33(18-39(3)4)20-47(44,45)21-33/h5-10,23H,1,11-21H2,3-4H3/t23-/m0/s1. The summed E-state index contributed by atoms with van der Waals surface area (Å²) in [7, 11) is 0.668. The van der Waals surface area contributed by atoms with Crippen molar-refractivity contribution in [3.63, 3.8) is 0 Å². The second-order valence-corrected chi connectivity index (χ2v) is 15.3. The number of hydrogen-bond acceptors (Lipinski definition) is 9. The minimum absolute atomic E-state index is 0.0275. The number of carbonyl (C=O) groups excluding carboxylic acids is 1. The minimum Gasteiger partial charge on any atom is -0.463 e. The third-order valence-electron chi connectivity index (χ3n) is 9.03. The van der Waals surface area contributed by atoms with Crippen molar-refractivity contribution < 1.29 is 22.3 Å². The molecule has 47 heavy (non-hydrogen) atoms. The number of ether oxygens (including phenoxy) is 1. The number of hydrogen-bond donors (Lipinski definition) is 0. The molecular formula is C33H37ClFN7O4S. The van der Waals surface area contributed by atoms with E-state index in [2.05, 4.69) is 21.2 Å². The quantitative estimate of drug-likeness (QED) is 0.248. The highest BCUT2D eigenvalue weighted by atomic mass is 35.5. The number of aromatic nitrogens is 2. The predicted molar refractivity (Wildman–Crippen MR) is 180 cm³/mol. The third-order valence-corrected chi connectivity index (χ3v) is 11.5. The van der Waals surface area contributed by atoms with Gasteiger partial charge in [-0.2, -0.15) is 9.97 Å². The fourth-order valence-electron chi connectivity index (χ4n) is 7.19. The number of benzene rings is 2. The monoisotopic (exact) mass is 681 g/mol. The van der Waals surface area contributed by atoms with Crippen molar-refractivity contribution in [1.29, 1.82) is 0 Å². The first-order valence-corrected chi connectivity index (χ1v) is 17.6. The van der Waals surface area contributed by atoms with Gasteiger partial charge in [-0.1, -0.05) is 36.4 Å². The van der Waals surface area contributed by atoms with Crippen molar-refractivity contribution in [2.75, 3.05) is 81.3 Å². The second kappa shape index (κ2) is 12.9. The lowest BCUT2D eigenvalue weighted by atomic mass is 9.92. The Bertz CT molecular complexity index is 1870. The summed E-state index contributed by atoms with van der Waals surface area (Å²) in [4.78, 5) is 33.7. The fraction of sp³-hybridized carbons (Fsp3) is 0.455. The summed E-state index contributed by atoms with van der Waals surface area (Å²) in [5.41, 5.74) is 1.88. The Morgan fingerprint density at radius 2 is 2.00 bits per heavy atom. The molecule has 3 aliphatic rings. The number of halogens is 2. The van der Waals surface area contributed by atoms with Gasteiger partial charge >= 0.3 is 6.01 Å². The molecule has 0 unspecified atom stereocenters. The number of nitrogens with zero attached hydrogens (tertiary/aromatic N) is 7. The van der Waals surface area contributed by atoms with Crippen LogP contribution in [0.15, 0.2) is 43.0 Å². The van der Waals surface area contributed by atoms with Crippen LogP contribution in [-0.2, 0) is 27.6 Å². The molecule has 1 aromatic heterocycles. The maximum Gasteiger partial charge on any atom is 0.318 e. The zero-order valence-electron chi connectivity index (χ0n) is 26.5. The summed E-state index contributed by atoms with van der Waals surface area (Å²) in [5.74, 6) is 0.0289.